The molecule has 13 nitrogen and oxygen atoms in total. The van der Waals surface area contributed by atoms with Gasteiger partial charge in [-0.1, -0.05) is 35.9 Å². The quantitative estimate of drug-likeness (QED) is 0.0493. The molecule has 284 valence electrons. The summed E-state index contributed by atoms with van der Waals surface area (Å²) in [7, 11) is 0. The molecule has 3 heterocycles. The lowest BCUT2D eigenvalue weighted by Gasteiger charge is -2.24. The Bertz CT molecular complexity index is 2060. The second-order valence-corrected chi connectivity index (χ2v) is 15.4. The molecule has 3 amide bonds. The minimum Gasteiger partial charge on any atom is -0.379 e. The van der Waals surface area contributed by atoms with Crippen LogP contribution in [-0.4, -0.2) is 79.1 Å². The molecule has 2 aromatic carbocycles. The molecule has 1 atom stereocenters. The van der Waals surface area contributed by atoms with Crippen molar-refractivity contribution in [3.63, 3.8) is 0 Å². The largest absolute Gasteiger partial charge is 0.379 e. The highest BCUT2D eigenvalue weighted by molar-refractivity contribution is 7.17. The first-order valence-electron chi connectivity index (χ1n) is 17.3. The summed E-state index contributed by atoms with van der Waals surface area (Å²) in [4.78, 5) is 51.5. The van der Waals surface area contributed by atoms with Crippen molar-refractivity contribution in [2.24, 2.45) is 4.99 Å². The number of aryl methyl sites for hydroxylation is 3. The van der Waals surface area contributed by atoms with Crippen LogP contribution in [0.1, 0.15) is 62.3 Å². The van der Waals surface area contributed by atoms with Gasteiger partial charge >= 0.3 is 0 Å². The van der Waals surface area contributed by atoms with Crippen LogP contribution >= 0.6 is 34.3 Å². The number of para-hydroxylation sites is 1. The van der Waals surface area contributed by atoms with Crippen LogP contribution in [-0.2, 0) is 19.1 Å². The number of anilines is 3. The fourth-order valence-corrected chi connectivity index (χ4v) is 7.74. The fourth-order valence-electron chi connectivity index (χ4n) is 5.58. The van der Waals surface area contributed by atoms with Gasteiger partial charge in [-0.25, -0.2) is 4.98 Å². The van der Waals surface area contributed by atoms with Gasteiger partial charge in [0.2, 0.25) is 11.8 Å². The fraction of sp³-hybridized carbons (Fsp3) is 0.342. The van der Waals surface area contributed by atoms with E-state index in [1.165, 1.54) is 22.7 Å². The van der Waals surface area contributed by atoms with E-state index in [4.69, 9.17) is 36.9 Å². The number of thiazole rings is 1. The number of carbonyl (C=O) groups excluding carboxylic acids is 3. The molecular formula is C38H43ClN8O5S2. The van der Waals surface area contributed by atoms with Gasteiger partial charge < -0.3 is 20.1 Å². The van der Waals surface area contributed by atoms with E-state index in [0.717, 1.165) is 37.1 Å². The molecule has 2 aromatic heterocycles. The Kier molecular flexibility index (Phi) is 13.8. The standard InChI is InChI=1S/C38H43ClN8O5S2/c1-21-23(3)53-37-33(21)34(26-10-12-27(39)13-11-26)45-30(35(41)47(37)25(5)40)20-32(49)42-15-17-52-19-18-51-16-14-31(48)44-29-9-7-6-8-28(29)36(50)46-38-43-22(2)24(4)54-38/h6-13,30,40-41H,14-20H2,1-5H3,(H,42,49)(H,44,48)(H,43,46,50)/t30-/m0/s1. The van der Waals surface area contributed by atoms with Crippen LogP contribution in [0.5, 0.6) is 0 Å². The number of fused-ring (bicyclic) bond motifs is 1. The molecule has 5 rings (SSSR count). The molecule has 0 fully saturated rings. The number of halogens is 1. The Balaban J connectivity index is 1.05. The van der Waals surface area contributed by atoms with Gasteiger partial charge in [-0.05, 0) is 64.4 Å². The van der Waals surface area contributed by atoms with Gasteiger partial charge in [-0.3, -0.25) is 40.4 Å². The number of amidine groups is 2. The lowest BCUT2D eigenvalue weighted by molar-refractivity contribution is -0.121. The minimum atomic E-state index is -0.829. The molecule has 0 spiro atoms. The summed E-state index contributed by atoms with van der Waals surface area (Å²) in [6.45, 7) is 10.6. The van der Waals surface area contributed by atoms with Crippen molar-refractivity contribution < 1.29 is 23.9 Å². The number of amides is 3. The molecule has 1 aliphatic rings. The third kappa shape index (κ3) is 10.0. The van der Waals surface area contributed by atoms with Gasteiger partial charge in [0.15, 0.2) is 5.13 Å². The lowest BCUT2D eigenvalue weighted by Crippen LogP contribution is -2.42. The molecule has 1 aliphatic heterocycles. The van der Waals surface area contributed by atoms with Crippen molar-refractivity contribution in [2.75, 3.05) is 48.5 Å². The SMILES string of the molecule is CC(=N)N1C(=N)[C@H](CC(=O)NCCOCCOCCC(=O)Nc2ccccc2C(=O)Nc2nc(C)c(C)s2)N=C(c2ccc(Cl)cc2)c2c1sc(C)c2C. The first-order valence-corrected chi connectivity index (χ1v) is 19.3. The minimum absolute atomic E-state index is 0.0534. The zero-order valence-corrected chi connectivity index (χ0v) is 33.1. The number of benzene rings is 2. The zero-order chi connectivity index (χ0) is 38.9. The van der Waals surface area contributed by atoms with Crippen molar-refractivity contribution in [1.82, 2.24) is 10.3 Å². The van der Waals surface area contributed by atoms with E-state index in [0.29, 0.717) is 27.1 Å². The predicted octanol–water partition coefficient (Wildman–Crippen LogP) is 6.91. The van der Waals surface area contributed by atoms with Gasteiger partial charge in [0.25, 0.3) is 5.91 Å². The van der Waals surface area contributed by atoms with Crippen LogP contribution < -0.4 is 20.9 Å². The lowest BCUT2D eigenvalue weighted by atomic mass is 9.99. The highest BCUT2D eigenvalue weighted by Crippen LogP contribution is 2.40. The maximum Gasteiger partial charge on any atom is 0.259 e. The predicted molar refractivity (Wildman–Crippen MR) is 217 cm³/mol. The molecule has 0 saturated carbocycles. The summed E-state index contributed by atoms with van der Waals surface area (Å²) in [6.07, 6.45) is -0.00487. The summed E-state index contributed by atoms with van der Waals surface area (Å²) >= 11 is 9.06. The number of carbonyl (C=O) groups is 3. The molecule has 0 unspecified atom stereocenters. The van der Waals surface area contributed by atoms with E-state index in [1.54, 1.807) is 48.2 Å². The average molecular weight is 791 g/mol. The number of ether oxygens (including phenoxy) is 2. The number of rotatable bonds is 15. The number of thiophene rings is 1. The Hall–Kier alpha value is -4.80. The topological polar surface area (TPSA) is 182 Å². The van der Waals surface area contributed by atoms with E-state index in [2.05, 4.69) is 20.9 Å². The summed E-state index contributed by atoms with van der Waals surface area (Å²) in [5.41, 5.74) is 4.89. The highest BCUT2D eigenvalue weighted by Gasteiger charge is 2.34. The van der Waals surface area contributed by atoms with Gasteiger partial charge in [0, 0.05) is 32.4 Å². The third-order valence-corrected chi connectivity index (χ3v) is 11.0. The summed E-state index contributed by atoms with van der Waals surface area (Å²) in [5.74, 6) is -0.747. The highest BCUT2D eigenvalue weighted by atomic mass is 35.5. The maximum atomic E-state index is 13.1. The molecule has 0 saturated heterocycles. The average Bonchev–Trinajstić information content (AvgIpc) is 3.56. The number of aromatic nitrogens is 1. The van der Waals surface area contributed by atoms with Crippen molar-refractivity contribution in [2.45, 2.75) is 53.5 Å². The zero-order valence-electron chi connectivity index (χ0n) is 30.7. The monoisotopic (exact) mass is 790 g/mol. The normalized spacial score (nSPS) is 13.9. The van der Waals surface area contributed by atoms with Crippen molar-refractivity contribution in [3.8, 4) is 0 Å². The van der Waals surface area contributed by atoms with E-state index >= 15 is 0 Å². The van der Waals surface area contributed by atoms with Gasteiger partial charge in [-0.2, -0.15) is 0 Å². The van der Waals surface area contributed by atoms with Crippen LogP contribution in [0.15, 0.2) is 53.5 Å². The Morgan fingerprint density at radius 1 is 0.907 bits per heavy atom. The van der Waals surface area contributed by atoms with Crippen LogP contribution in [0.2, 0.25) is 5.02 Å². The smallest absolute Gasteiger partial charge is 0.259 e. The third-order valence-electron chi connectivity index (χ3n) is 8.59. The maximum absolute atomic E-state index is 13.1. The van der Waals surface area contributed by atoms with Gasteiger partial charge in [-0.15, -0.1) is 22.7 Å². The summed E-state index contributed by atoms with van der Waals surface area (Å²) in [5, 5.41) is 27.8. The molecule has 0 radical (unpaired) electrons. The Morgan fingerprint density at radius 2 is 1.61 bits per heavy atom. The molecule has 5 N–H and O–H groups in total. The van der Waals surface area contributed by atoms with Crippen LogP contribution in [0.3, 0.4) is 0 Å². The van der Waals surface area contributed by atoms with Crippen LogP contribution in [0.4, 0.5) is 15.8 Å². The summed E-state index contributed by atoms with van der Waals surface area (Å²) < 4.78 is 11.2. The number of nitrogens with one attached hydrogen (secondary N) is 5. The molecule has 54 heavy (non-hydrogen) atoms. The molecule has 0 aliphatic carbocycles. The Labute approximate surface area is 327 Å². The second kappa shape index (κ2) is 18.5. The molecular weight excluding hydrogens is 748 g/mol. The van der Waals surface area contributed by atoms with E-state index in [-0.39, 0.29) is 75.2 Å². The van der Waals surface area contributed by atoms with Gasteiger partial charge in [0.1, 0.15) is 22.7 Å². The molecule has 0 bridgehead atoms. The number of aliphatic imine (C=N–C) groups is 1. The van der Waals surface area contributed by atoms with Crippen LogP contribution in [0.25, 0.3) is 0 Å². The first kappa shape index (κ1) is 40.4. The van der Waals surface area contributed by atoms with Crippen molar-refractivity contribution in [3.05, 3.63) is 91.3 Å². The number of nitrogens with zero attached hydrogens (tertiary/aromatic N) is 3. The van der Waals surface area contributed by atoms with Gasteiger partial charge in [0.05, 0.1) is 61.9 Å². The Morgan fingerprint density at radius 3 is 2.30 bits per heavy atom. The van der Waals surface area contributed by atoms with Crippen molar-refractivity contribution in [1.29, 1.82) is 10.8 Å². The van der Waals surface area contributed by atoms with E-state index in [9.17, 15) is 14.4 Å². The molecule has 4 aromatic rings. The summed E-state index contributed by atoms with van der Waals surface area (Å²) in [6, 6.07) is 13.2. The second-order valence-electron chi connectivity index (χ2n) is 12.5. The first-order chi connectivity index (χ1) is 25.8. The van der Waals surface area contributed by atoms with Crippen LogP contribution in [0, 0.1) is 38.5 Å². The number of hydrogen-bond donors (Lipinski definition) is 5. The molecule has 16 heteroatoms. The van der Waals surface area contributed by atoms with E-state index in [1.807, 2.05) is 39.8 Å². The van der Waals surface area contributed by atoms with E-state index < -0.39 is 6.04 Å². The number of hydrogen-bond acceptors (Lipinski definition) is 11. The van der Waals surface area contributed by atoms with Crippen molar-refractivity contribution >= 4 is 85.2 Å².